The molecule has 0 aromatic heterocycles. The van der Waals surface area contributed by atoms with E-state index in [0.717, 1.165) is 12.0 Å². The normalized spacial score (nSPS) is 10.2. The second-order valence-corrected chi connectivity index (χ2v) is 4.04. The summed E-state index contributed by atoms with van der Waals surface area (Å²) in [6.45, 7) is 3.19. The predicted molar refractivity (Wildman–Crippen MR) is 67.9 cm³/mol. The van der Waals surface area contributed by atoms with E-state index in [0.29, 0.717) is 25.3 Å². The Morgan fingerprint density at radius 1 is 1.39 bits per heavy atom. The van der Waals surface area contributed by atoms with Crippen LogP contribution in [0.2, 0.25) is 0 Å². The second-order valence-electron chi connectivity index (χ2n) is 4.04. The van der Waals surface area contributed by atoms with E-state index in [9.17, 15) is 9.18 Å². The van der Waals surface area contributed by atoms with Crippen LogP contribution in [-0.2, 0) is 11.3 Å². The van der Waals surface area contributed by atoms with Gasteiger partial charge in [-0.1, -0.05) is 12.1 Å². The van der Waals surface area contributed by atoms with E-state index in [4.69, 9.17) is 4.74 Å². The first-order valence-corrected chi connectivity index (χ1v) is 5.89. The number of hydrogen-bond donors (Lipinski definition) is 2. The monoisotopic (exact) mass is 254 g/mol. The van der Waals surface area contributed by atoms with E-state index >= 15 is 0 Å². The molecule has 0 fully saturated rings. The van der Waals surface area contributed by atoms with E-state index in [1.54, 1.807) is 26.2 Å². The molecular weight excluding hydrogens is 235 g/mol. The molecule has 0 radical (unpaired) electrons. The van der Waals surface area contributed by atoms with Gasteiger partial charge in [-0.15, -0.1) is 0 Å². The molecule has 0 spiro atoms. The molecule has 0 heterocycles. The number of halogens is 1. The van der Waals surface area contributed by atoms with Crippen molar-refractivity contribution in [3.8, 4) is 0 Å². The van der Waals surface area contributed by atoms with Crippen molar-refractivity contribution in [3.05, 3.63) is 35.1 Å². The van der Waals surface area contributed by atoms with Crippen LogP contribution >= 0.6 is 0 Å². The third-order valence-electron chi connectivity index (χ3n) is 2.50. The number of benzene rings is 1. The lowest BCUT2D eigenvalue weighted by molar-refractivity contribution is 0.193. The van der Waals surface area contributed by atoms with Gasteiger partial charge in [0.05, 0.1) is 0 Å². The summed E-state index contributed by atoms with van der Waals surface area (Å²) < 4.78 is 18.1. The Hall–Kier alpha value is -1.62. The highest BCUT2D eigenvalue weighted by atomic mass is 19.1. The minimum atomic E-state index is -0.257. The lowest BCUT2D eigenvalue weighted by Crippen LogP contribution is -2.35. The lowest BCUT2D eigenvalue weighted by atomic mass is 10.1. The van der Waals surface area contributed by atoms with Crippen molar-refractivity contribution in [2.75, 3.05) is 20.3 Å². The quantitative estimate of drug-likeness (QED) is 0.763. The summed E-state index contributed by atoms with van der Waals surface area (Å²) in [7, 11) is 1.62. The Morgan fingerprint density at radius 2 is 2.17 bits per heavy atom. The molecule has 1 rings (SSSR count). The lowest BCUT2D eigenvalue weighted by Gasteiger charge is -2.08. The largest absolute Gasteiger partial charge is 0.385 e. The number of carbonyl (C=O) groups excluding carboxylic acids is 1. The maximum absolute atomic E-state index is 13.2. The van der Waals surface area contributed by atoms with Crippen LogP contribution < -0.4 is 10.6 Å². The van der Waals surface area contributed by atoms with Crippen LogP contribution in [0, 0.1) is 12.7 Å². The van der Waals surface area contributed by atoms with Crippen molar-refractivity contribution >= 4 is 6.03 Å². The average molecular weight is 254 g/mol. The van der Waals surface area contributed by atoms with Gasteiger partial charge in [-0.3, -0.25) is 0 Å². The van der Waals surface area contributed by atoms with Crippen LogP contribution in [-0.4, -0.2) is 26.3 Å². The molecule has 0 saturated heterocycles. The van der Waals surface area contributed by atoms with E-state index < -0.39 is 0 Å². The van der Waals surface area contributed by atoms with Crippen LogP contribution in [0.4, 0.5) is 9.18 Å². The number of urea groups is 1. The van der Waals surface area contributed by atoms with Gasteiger partial charge < -0.3 is 15.4 Å². The molecule has 5 heteroatoms. The fourth-order valence-electron chi connectivity index (χ4n) is 1.41. The average Bonchev–Trinajstić information content (AvgIpc) is 2.36. The van der Waals surface area contributed by atoms with Gasteiger partial charge in [0, 0.05) is 26.8 Å². The van der Waals surface area contributed by atoms with Gasteiger partial charge in [-0.05, 0) is 30.5 Å². The number of ether oxygens (including phenoxy) is 1. The molecule has 0 aliphatic carbocycles. The Morgan fingerprint density at radius 3 is 2.83 bits per heavy atom. The molecule has 4 nitrogen and oxygen atoms in total. The standard InChI is InChI=1S/C13H19FN2O2/c1-10-4-5-11(8-12(10)14)9-16-13(17)15-6-3-7-18-2/h4-5,8H,3,6-7,9H2,1-2H3,(H2,15,16,17). The Balaban J connectivity index is 2.27. The smallest absolute Gasteiger partial charge is 0.315 e. The fraction of sp³-hybridized carbons (Fsp3) is 0.462. The number of aryl methyl sites for hydroxylation is 1. The summed E-state index contributed by atoms with van der Waals surface area (Å²) >= 11 is 0. The van der Waals surface area contributed by atoms with E-state index in [2.05, 4.69) is 10.6 Å². The molecule has 2 amide bonds. The molecule has 0 aliphatic rings. The topological polar surface area (TPSA) is 50.4 Å². The third-order valence-corrected chi connectivity index (χ3v) is 2.50. The van der Waals surface area contributed by atoms with Crippen molar-refractivity contribution in [3.63, 3.8) is 0 Å². The van der Waals surface area contributed by atoms with Crippen molar-refractivity contribution in [1.82, 2.24) is 10.6 Å². The van der Waals surface area contributed by atoms with Crippen molar-refractivity contribution < 1.29 is 13.9 Å². The van der Waals surface area contributed by atoms with Gasteiger partial charge in [-0.2, -0.15) is 0 Å². The van der Waals surface area contributed by atoms with E-state index in [1.807, 2.05) is 0 Å². The molecule has 1 aromatic rings. The summed E-state index contributed by atoms with van der Waals surface area (Å²) in [4.78, 5) is 11.4. The summed E-state index contributed by atoms with van der Waals surface area (Å²) in [6, 6.07) is 4.67. The van der Waals surface area contributed by atoms with Gasteiger partial charge in [0.15, 0.2) is 0 Å². The van der Waals surface area contributed by atoms with Gasteiger partial charge >= 0.3 is 6.03 Å². The summed E-state index contributed by atoms with van der Waals surface area (Å²) in [6.07, 6.45) is 0.767. The first-order valence-electron chi connectivity index (χ1n) is 5.89. The van der Waals surface area contributed by atoms with Crippen molar-refractivity contribution in [1.29, 1.82) is 0 Å². The maximum atomic E-state index is 13.2. The molecule has 1 aromatic carbocycles. The number of rotatable bonds is 6. The second kappa shape index (κ2) is 7.66. The molecule has 0 aliphatic heterocycles. The van der Waals surface area contributed by atoms with Gasteiger partial charge in [0.25, 0.3) is 0 Å². The molecule has 0 unspecified atom stereocenters. The third kappa shape index (κ3) is 5.14. The van der Waals surface area contributed by atoms with Gasteiger partial charge in [0.1, 0.15) is 5.82 Å². The van der Waals surface area contributed by atoms with Crippen molar-refractivity contribution in [2.24, 2.45) is 0 Å². The highest BCUT2D eigenvalue weighted by molar-refractivity contribution is 5.73. The zero-order chi connectivity index (χ0) is 13.4. The minimum Gasteiger partial charge on any atom is -0.385 e. The zero-order valence-corrected chi connectivity index (χ0v) is 10.8. The van der Waals surface area contributed by atoms with Crippen LogP contribution in [0.3, 0.4) is 0 Å². The summed E-state index contributed by atoms with van der Waals surface area (Å²) in [5.74, 6) is -0.255. The maximum Gasteiger partial charge on any atom is 0.315 e. The first-order chi connectivity index (χ1) is 8.63. The molecule has 0 saturated carbocycles. The predicted octanol–water partition coefficient (Wildman–Crippen LogP) is 1.97. The van der Waals surface area contributed by atoms with E-state index in [1.165, 1.54) is 6.07 Å². The van der Waals surface area contributed by atoms with Gasteiger partial charge in [-0.25, -0.2) is 9.18 Å². The Bertz CT molecular complexity index is 397. The highest BCUT2D eigenvalue weighted by Gasteiger charge is 2.02. The summed E-state index contributed by atoms with van der Waals surface area (Å²) in [5, 5.41) is 5.35. The van der Waals surface area contributed by atoms with Crippen LogP contribution in [0.25, 0.3) is 0 Å². The molecule has 0 atom stereocenters. The number of nitrogens with one attached hydrogen (secondary N) is 2. The van der Waals surface area contributed by atoms with Crippen LogP contribution in [0.1, 0.15) is 17.5 Å². The number of hydrogen-bond acceptors (Lipinski definition) is 2. The first kappa shape index (κ1) is 14.4. The van der Waals surface area contributed by atoms with Crippen LogP contribution in [0.15, 0.2) is 18.2 Å². The fourth-order valence-corrected chi connectivity index (χ4v) is 1.41. The molecular formula is C13H19FN2O2. The van der Waals surface area contributed by atoms with Crippen molar-refractivity contribution in [2.45, 2.75) is 19.9 Å². The zero-order valence-electron chi connectivity index (χ0n) is 10.8. The number of amides is 2. The molecule has 2 N–H and O–H groups in total. The molecule has 0 bridgehead atoms. The summed E-state index contributed by atoms with van der Waals surface area (Å²) in [5.41, 5.74) is 1.34. The SMILES string of the molecule is COCCCNC(=O)NCc1ccc(C)c(F)c1. The minimum absolute atomic E-state index is 0.255. The highest BCUT2D eigenvalue weighted by Crippen LogP contribution is 2.08. The molecule has 18 heavy (non-hydrogen) atoms. The number of carbonyl (C=O) groups is 1. The van der Waals surface area contributed by atoms with Crippen LogP contribution in [0.5, 0.6) is 0 Å². The Labute approximate surface area is 107 Å². The Kier molecular flexibility index (Phi) is 6.14. The van der Waals surface area contributed by atoms with Gasteiger partial charge in [0.2, 0.25) is 0 Å². The van der Waals surface area contributed by atoms with E-state index in [-0.39, 0.29) is 11.8 Å². The molecule has 100 valence electrons. The number of methoxy groups -OCH3 is 1.